The van der Waals surface area contributed by atoms with Crippen LogP contribution < -0.4 is 21.3 Å². The molecular weight excluding hydrogens is 572 g/mol. The lowest BCUT2D eigenvalue weighted by Gasteiger charge is -2.30. The number of hydrogen-bond donors (Lipinski definition) is 0. The van der Waals surface area contributed by atoms with Gasteiger partial charge in [0.25, 0.3) is 0 Å². The standard InChI is InChI=1S/C28H46FN3O2PS.BrH/c1-8-11-18-35(19-12-9-2,20-13-10-3)21-25-26(22(4)5)30-28(32(6)36(7,33)34)31-27(25)23-14-16-24(29)17-15-23;/h14-17,22H,8-13,18-21H2,1-7H3;1H/q+1;/p-1. The van der Waals surface area contributed by atoms with Crippen LogP contribution in [0.1, 0.15) is 90.3 Å². The van der Waals surface area contributed by atoms with E-state index in [0.29, 0.717) is 0 Å². The van der Waals surface area contributed by atoms with Gasteiger partial charge in [0, 0.05) is 25.4 Å². The molecule has 9 heteroatoms. The van der Waals surface area contributed by atoms with E-state index in [1.807, 2.05) is 0 Å². The van der Waals surface area contributed by atoms with Crippen molar-refractivity contribution in [1.82, 2.24) is 9.97 Å². The molecule has 37 heavy (non-hydrogen) atoms. The summed E-state index contributed by atoms with van der Waals surface area (Å²) >= 11 is 0. The molecule has 0 aliphatic heterocycles. The number of unbranched alkanes of at least 4 members (excludes halogenated alkanes) is 3. The second-order valence-corrected chi connectivity index (χ2v) is 16.7. The van der Waals surface area contributed by atoms with Gasteiger partial charge in [0.05, 0.1) is 42.3 Å². The third kappa shape index (κ3) is 9.54. The third-order valence-electron chi connectivity index (χ3n) is 6.92. The molecule has 0 radical (unpaired) electrons. The van der Waals surface area contributed by atoms with Crippen molar-refractivity contribution in [3.05, 3.63) is 41.3 Å². The lowest BCUT2D eigenvalue weighted by Crippen LogP contribution is -3.00. The van der Waals surface area contributed by atoms with Crippen molar-refractivity contribution in [1.29, 1.82) is 0 Å². The first-order chi connectivity index (χ1) is 17.0. The molecule has 5 nitrogen and oxygen atoms in total. The van der Waals surface area contributed by atoms with Gasteiger partial charge < -0.3 is 17.0 Å². The molecule has 1 aromatic carbocycles. The third-order valence-corrected chi connectivity index (χ3v) is 12.9. The van der Waals surface area contributed by atoms with Gasteiger partial charge in [-0.2, -0.15) is 0 Å². The lowest BCUT2D eigenvalue weighted by molar-refractivity contribution is -0.0000111. The first kappa shape index (κ1) is 33.9. The van der Waals surface area contributed by atoms with Crippen LogP contribution in [-0.2, 0) is 16.2 Å². The van der Waals surface area contributed by atoms with Crippen molar-refractivity contribution < 1.29 is 29.8 Å². The van der Waals surface area contributed by atoms with Crippen molar-refractivity contribution in [3.63, 3.8) is 0 Å². The predicted molar refractivity (Wildman–Crippen MR) is 155 cm³/mol. The molecule has 0 saturated carbocycles. The fourth-order valence-corrected chi connectivity index (χ4v) is 10.1. The molecule has 0 saturated heterocycles. The molecule has 0 aliphatic carbocycles. The van der Waals surface area contributed by atoms with Crippen LogP contribution in [0.4, 0.5) is 10.3 Å². The summed E-state index contributed by atoms with van der Waals surface area (Å²) in [4.78, 5) is 9.68. The monoisotopic (exact) mass is 617 g/mol. The molecule has 0 amide bonds. The maximum absolute atomic E-state index is 13.8. The van der Waals surface area contributed by atoms with Crippen LogP contribution >= 0.6 is 7.26 Å². The predicted octanol–water partition coefficient (Wildman–Crippen LogP) is 4.72. The zero-order valence-electron chi connectivity index (χ0n) is 23.7. The van der Waals surface area contributed by atoms with E-state index < -0.39 is 17.3 Å². The van der Waals surface area contributed by atoms with Crippen LogP contribution in [-0.4, -0.2) is 50.2 Å². The quantitative estimate of drug-likeness (QED) is 0.271. The molecule has 1 heterocycles. The number of hydrogen-bond acceptors (Lipinski definition) is 4. The molecule has 210 valence electrons. The largest absolute Gasteiger partial charge is 1.00 e. The summed E-state index contributed by atoms with van der Waals surface area (Å²) in [5, 5.41) is 0. The van der Waals surface area contributed by atoms with Crippen molar-refractivity contribution in [2.24, 2.45) is 0 Å². The van der Waals surface area contributed by atoms with Gasteiger partial charge in [0.15, 0.2) is 0 Å². The first-order valence-corrected chi connectivity index (χ1v) is 17.8. The SMILES string of the molecule is CCCC[P+](CCCC)(CCCC)Cc1c(-c2ccc(F)cc2)nc(N(C)S(C)(=O)=O)nc1C(C)C.[Br-]. The van der Waals surface area contributed by atoms with Crippen LogP contribution in [0.15, 0.2) is 24.3 Å². The zero-order chi connectivity index (χ0) is 26.9. The second-order valence-electron chi connectivity index (χ2n) is 10.4. The number of benzene rings is 1. The van der Waals surface area contributed by atoms with Gasteiger partial charge in [-0.3, -0.25) is 0 Å². The first-order valence-electron chi connectivity index (χ1n) is 13.4. The van der Waals surface area contributed by atoms with Gasteiger partial charge in [-0.05, 0) is 49.4 Å². The van der Waals surface area contributed by atoms with Gasteiger partial charge >= 0.3 is 0 Å². The Hall–Kier alpha value is -1.11. The highest BCUT2D eigenvalue weighted by atomic mass is 79.9. The van der Waals surface area contributed by atoms with Crippen LogP contribution in [0.5, 0.6) is 0 Å². The maximum Gasteiger partial charge on any atom is 0.239 e. The molecule has 0 unspecified atom stereocenters. The molecule has 2 aromatic rings. The summed E-state index contributed by atoms with van der Waals surface area (Å²) in [7, 11) is -3.39. The molecule has 0 fully saturated rings. The second kappa shape index (κ2) is 15.5. The smallest absolute Gasteiger partial charge is 0.239 e. The fraction of sp³-hybridized carbons (Fsp3) is 0.643. The zero-order valence-corrected chi connectivity index (χ0v) is 27.0. The maximum atomic E-state index is 13.8. The van der Waals surface area contributed by atoms with E-state index in [1.54, 1.807) is 12.1 Å². The normalized spacial score (nSPS) is 12.0. The Balaban J connectivity index is 0.00000684. The number of halogens is 2. The van der Waals surface area contributed by atoms with Gasteiger partial charge in [-0.1, -0.05) is 53.9 Å². The molecule has 2 rings (SSSR count). The molecular formula is C28H46BrFN3O2PS. The summed E-state index contributed by atoms with van der Waals surface area (Å²) in [5.74, 6) is -0.0363. The van der Waals surface area contributed by atoms with Gasteiger partial charge in [-0.25, -0.2) is 27.1 Å². The van der Waals surface area contributed by atoms with Gasteiger partial charge in [0.2, 0.25) is 16.0 Å². The van der Waals surface area contributed by atoms with E-state index in [4.69, 9.17) is 9.97 Å². The number of anilines is 1. The minimum atomic E-state index is -3.53. The Morgan fingerprint density at radius 1 is 0.919 bits per heavy atom. The summed E-state index contributed by atoms with van der Waals surface area (Å²) < 4.78 is 39.7. The number of sulfonamides is 1. The summed E-state index contributed by atoms with van der Waals surface area (Å²) in [5.41, 5.74) is 3.58. The minimum absolute atomic E-state index is 0. The highest BCUT2D eigenvalue weighted by Gasteiger charge is 2.38. The summed E-state index contributed by atoms with van der Waals surface area (Å²) in [6, 6.07) is 6.40. The average molecular weight is 619 g/mol. The molecule has 1 aromatic heterocycles. The van der Waals surface area contributed by atoms with Gasteiger partial charge in [-0.15, -0.1) is 0 Å². The van der Waals surface area contributed by atoms with Crippen LogP contribution in [0.3, 0.4) is 0 Å². The van der Waals surface area contributed by atoms with Crippen LogP contribution in [0, 0.1) is 5.82 Å². The van der Waals surface area contributed by atoms with Crippen molar-refractivity contribution in [3.8, 4) is 11.3 Å². The van der Waals surface area contributed by atoms with Crippen molar-refractivity contribution in [2.45, 2.75) is 85.2 Å². The Labute approximate surface area is 236 Å². The lowest BCUT2D eigenvalue weighted by atomic mass is 9.99. The van der Waals surface area contributed by atoms with Crippen LogP contribution in [0.2, 0.25) is 0 Å². The molecule has 0 N–H and O–H groups in total. The Bertz CT molecular complexity index is 1060. The number of rotatable bonds is 15. The number of aromatic nitrogens is 2. The molecule has 0 aliphatic rings. The van der Waals surface area contributed by atoms with E-state index in [2.05, 4.69) is 34.6 Å². The van der Waals surface area contributed by atoms with E-state index in [1.165, 1.54) is 76.2 Å². The Kier molecular flexibility index (Phi) is 14.2. The summed E-state index contributed by atoms with van der Waals surface area (Å²) in [6.07, 6.45) is 13.1. The van der Waals surface area contributed by atoms with Gasteiger partial charge in [0.1, 0.15) is 5.82 Å². The molecule has 0 spiro atoms. The Morgan fingerprint density at radius 3 is 1.81 bits per heavy atom. The van der Waals surface area contributed by atoms with E-state index >= 15 is 0 Å². The number of nitrogens with zero attached hydrogens (tertiary/aromatic N) is 3. The molecule has 0 atom stereocenters. The van der Waals surface area contributed by atoms with Crippen LogP contribution in [0.25, 0.3) is 11.3 Å². The van der Waals surface area contributed by atoms with E-state index in [9.17, 15) is 12.8 Å². The van der Waals surface area contributed by atoms with Crippen molar-refractivity contribution in [2.75, 3.05) is 36.1 Å². The van der Waals surface area contributed by atoms with E-state index in [-0.39, 0.29) is 34.7 Å². The highest BCUT2D eigenvalue weighted by Crippen LogP contribution is 2.64. The highest BCUT2D eigenvalue weighted by molar-refractivity contribution is 7.92. The minimum Gasteiger partial charge on any atom is -1.00 e. The molecule has 0 bridgehead atoms. The fourth-order valence-electron chi connectivity index (χ4n) is 4.65. The Morgan fingerprint density at radius 2 is 1.41 bits per heavy atom. The van der Waals surface area contributed by atoms with E-state index in [0.717, 1.165) is 39.2 Å². The van der Waals surface area contributed by atoms with Crippen molar-refractivity contribution >= 4 is 23.2 Å². The topological polar surface area (TPSA) is 63.2 Å². The average Bonchev–Trinajstić information content (AvgIpc) is 2.84. The summed E-state index contributed by atoms with van der Waals surface area (Å²) in [6.45, 7) is 11.0.